The number of aldehydes is 2. The first-order valence-corrected chi connectivity index (χ1v) is 6.24. The van der Waals surface area contributed by atoms with Gasteiger partial charge in [-0.05, 0) is 33.6 Å². The van der Waals surface area contributed by atoms with Crippen LogP contribution in [0.5, 0.6) is 0 Å². The van der Waals surface area contributed by atoms with Crippen molar-refractivity contribution in [2.24, 2.45) is 0 Å². The molecule has 7 nitrogen and oxygen atoms in total. The first-order valence-electron chi connectivity index (χ1n) is 6.24. The zero-order valence-corrected chi connectivity index (χ0v) is 12.0. The highest BCUT2D eigenvalue weighted by molar-refractivity contribution is 6.02. The van der Waals surface area contributed by atoms with Gasteiger partial charge in [0, 0.05) is 0 Å². The highest BCUT2D eigenvalue weighted by Gasteiger charge is 2.56. The van der Waals surface area contributed by atoms with Crippen LogP contribution in [0.3, 0.4) is 0 Å². The van der Waals surface area contributed by atoms with Crippen molar-refractivity contribution in [3.05, 3.63) is 0 Å². The Labute approximate surface area is 117 Å². The molecular formula is C13H19NO6. The maximum absolute atomic E-state index is 12.2. The maximum atomic E-state index is 12.2. The number of hydrogen-bond acceptors (Lipinski definition) is 6. The van der Waals surface area contributed by atoms with Crippen LogP contribution < -0.4 is 0 Å². The van der Waals surface area contributed by atoms with Gasteiger partial charge in [0.1, 0.15) is 11.9 Å². The van der Waals surface area contributed by atoms with Crippen LogP contribution >= 0.6 is 0 Å². The van der Waals surface area contributed by atoms with Gasteiger partial charge in [0.25, 0.3) is 0 Å². The number of methoxy groups -OCH3 is 1. The summed E-state index contributed by atoms with van der Waals surface area (Å²) in [7, 11) is 1.12. The predicted molar refractivity (Wildman–Crippen MR) is 68.0 cm³/mol. The van der Waals surface area contributed by atoms with Crippen molar-refractivity contribution in [2.45, 2.75) is 50.8 Å². The molecule has 7 heteroatoms. The summed E-state index contributed by atoms with van der Waals surface area (Å²) < 4.78 is 9.76. The monoisotopic (exact) mass is 285 g/mol. The minimum absolute atomic E-state index is 0.0336. The van der Waals surface area contributed by atoms with E-state index in [1.165, 1.54) is 0 Å². The molecule has 0 aromatic heterocycles. The van der Waals surface area contributed by atoms with Gasteiger partial charge in [0.05, 0.1) is 13.2 Å². The Morgan fingerprint density at radius 2 is 1.90 bits per heavy atom. The molecule has 0 saturated carbocycles. The van der Waals surface area contributed by atoms with Gasteiger partial charge < -0.3 is 19.1 Å². The van der Waals surface area contributed by atoms with Crippen LogP contribution in [-0.4, -0.2) is 53.8 Å². The molecule has 0 aliphatic carbocycles. The summed E-state index contributed by atoms with van der Waals surface area (Å²) >= 11 is 0. The highest BCUT2D eigenvalue weighted by atomic mass is 16.6. The van der Waals surface area contributed by atoms with Crippen LogP contribution in [-0.2, 0) is 23.9 Å². The number of likely N-dealkylation sites (tertiary alicyclic amines) is 1. The Balaban J connectivity index is 3.18. The van der Waals surface area contributed by atoms with Gasteiger partial charge in [0.2, 0.25) is 0 Å². The third-order valence-corrected chi connectivity index (χ3v) is 3.06. The summed E-state index contributed by atoms with van der Waals surface area (Å²) in [6, 6.07) is -0.880. The van der Waals surface area contributed by atoms with E-state index in [1.807, 2.05) is 0 Å². The van der Waals surface area contributed by atoms with Crippen LogP contribution in [0, 0.1) is 0 Å². The molecule has 0 N–H and O–H groups in total. The third kappa shape index (κ3) is 2.81. The Bertz CT molecular complexity index is 427. The number of esters is 1. The molecule has 112 valence electrons. The minimum Gasteiger partial charge on any atom is -0.467 e. The number of amides is 1. The second kappa shape index (κ2) is 5.60. The van der Waals surface area contributed by atoms with Crippen LogP contribution in [0.1, 0.15) is 33.6 Å². The van der Waals surface area contributed by atoms with E-state index in [0.29, 0.717) is 12.6 Å². The summed E-state index contributed by atoms with van der Waals surface area (Å²) in [6.07, 6.45) is 0.219. The first kappa shape index (κ1) is 16.1. The van der Waals surface area contributed by atoms with E-state index < -0.39 is 29.2 Å². The third-order valence-electron chi connectivity index (χ3n) is 3.06. The second-order valence-corrected chi connectivity index (χ2v) is 5.63. The molecule has 1 amide bonds. The topological polar surface area (TPSA) is 90.0 Å². The molecule has 1 saturated heterocycles. The number of carbonyl (C=O) groups is 4. The normalized spacial score (nSPS) is 26.0. The summed E-state index contributed by atoms with van der Waals surface area (Å²) in [6.45, 7) is 4.95. The Morgan fingerprint density at radius 1 is 1.30 bits per heavy atom. The van der Waals surface area contributed by atoms with E-state index in [0.717, 1.165) is 12.0 Å². The number of rotatable bonds is 3. The van der Waals surface area contributed by atoms with Crippen molar-refractivity contribution >= 4 is 24.6 Å². The van der Waals surface area contributed by atoms with Crippen molar-refractivity contribution in [2.75, 3.05) is 7.11 Å². The van der Waals surface area contributed by atoms with Crippen molar-refractivity contribution in [1.82, 2.24) is 4.90 Å². The molecule has 0 spiro atoms. The number of nitrogens with zero attached hydrogens (tertiary/aromatic N) is 1. The quantitative estimate of drug-likeness (QED) is 0.430. The van der Waals surface area contributed by atoms with Gasteiger partial charge in [0.15, 0.2) is 11.8 Å². The zero-order valence-electron chi connectivity index (χ0n) is 12.0. The van der Waals surface area contributed by atoms with Crippen molar-refractivity contribution < 1.29 is 28.7 Å². The predicted octanol–water partition coefficient (Wildman–Crippen LogP) is 0.695. The first-order chi connectivity index (χ1) is 9.21. The van der Waals surface area contributed by atoms with E-state index in [9.17, 15) is 19.2 Å². The lowest BCUT2D eigenvalue weighted by molar-refractivity contribution is -0.155. The molecule has 0 aromatic rings. The van der Waals surface area contributed by atoms with E-state index >= 15 is 0 Å². The van der Waals surface area contributed by atoms with Crippen LogP contribution in [0.25, 0.3) is 0 Å². The fraction of sp³-hybridized carbons (Fsp3) is 0.692. The summed E-state index contributed by atoms with van der Waals surface area (Å²) in [5, 5.41) is 0. The van der Waals surface area contributed by atoms with Gasteiger partial charge >= 0.3 is 12.1 Å². The largest absolute Gasteiger partial charge is 0.467 e. The van der Waals surface area contributed by atoms with Gasteiger partial charge in [-0.1, -0.05) is 0 Å². The molecule has 2 unspecified atom stereocenters. The molecule has 1 aliphatic rings. The van der Waals surface area contributed by atoms with Crippen molar-refractivity contribution in [3.8, 4) is 0 Å². The summed E-state index contributed by atoms with van der Waals surface area (Å²) in [5.41, 5.74) is -2.60. The molecule has 0 radical (unpaired) electrons. The standard InChI is InChI=1S/C13H19NO6/c1-12(2,3)20-11(18)14-9(7-15)5-6-13(14,8-16)10(17)19-4/h7-9H,5-6H2,1-4H3. The zero-order chi connectivity index (χ0) is 15.6. The summed E-state index contributed by atoms with van der Waals surface area (Å²) in [4.78, 5) is 47.5. The minimum atomic E-state index is -1.79. The molecule has 1 aliphatic heterocycles. The molecule has 20 heavy (non-hydrogen) atoms. The number of ether oxygens (including phenoxy) is 2. The smallest absolute Gasteiger partial charge is 0.412 e. The molecule has 0 bridgehead atoms. The second-order valence-electron chi connectivity index (χ2n) is 5.63. The molecule has 1 fully saturated rings. The van der Waals surface area contributed by atoms with Gasteiger partial charge in [-0.2, -0.15) is 0 Å². The maximum Gasteiger partial charge on any atom is 0.412 e. The lowest BCUT2D eigenvalue weighted by Crippen LogP contribution is -2.58. The van der Waals surface area contributed by atoms with E-state index in [1.54, 1.807) is 20.8 Å². The lowest BCUT2D eigenvalue weighted by Gasteiger charge is -2.34. The molecule has 1 heterocycles. The van der Waals surface area contributed by atoms with Crippen molar-refractivity contribution in [3.63, 3.8) is 0 Å². The molecular weight excluding hydrogens is 266 g/mol. The van der Waals surface area contributed by atoms with Gasteiger partial charge in [-0.25, -0.2) is 9.59 Å². The number of carbonyl (C=O) groups excluding carboxylic acids is 4. The van der Waals surface area contributed by atoms with Crippen LogP contribution in [0.4, 0.5) is 4.79 Å². The molecule has 2 atom stereocenters. The van der Waals surface area contributed by atoms with Crippen LogP contribution in [0.15, 0.2) is 0 Å². The number of hydrogen-bond donors (Lipinski definition) is 0. The average Bonchev–Trinajstić information content (AvgIpc) is 2.75. The highest BCUT2D eigenvalue weighted by Crippen LogP contribution is 2.34. The van der Waals surface area contributed by atoms with E-state index in [2.05, 4.69) is 4.74 Å². The Hall–Kier alpha value is -1.92. The fourth-order valence-corrected chi connectivity index (χ4v) is 2.19. The average molecular weight is 285 g/mol. The van der Waals surface area contributed by atoms with Gasteiger partial charge in [-0.15, -0.1) is 0 Å². The fourth-order valence-electron chi connectivity index (χ4n) is 2.19. The Morgan fingerprint density at radius 3 is 2.30 bits per heavy atom. The van der Waals surface area contributed by atoms with E-state index in [-0.39, 0.29) is 12.8 Å². The summed E-state index contributed by atoms with van der Waals surface area (Å²) in [5.74, 6) is -0.872. The molecule has 0 aromatic carbocycles. The SMILES string of the molecule is COC(=O)C1(C=O)CCC(C=O)N1C(=O)OC(C)(C)C. The van der Waals surface area contributed by atoms with Crippen LogP contribution in [0.2, 0.25) is 0 Å². The van der Waals surface area contributed by atoms with E-state index in [4.69, 9.17) is 4.74 Å². The Kier molecular flexibility index (Phi) is 4.52. The lowest BCUT2D eigenvalue weighted by atomic mass is 9.99. The molecule has 1 rings (SSSR count). The van der Waals surface area contributed by atoms with Gasteiger partial charge in [-0.3, -0.25) is 4.90 Å². The van der Waals surface area contributed by atoms with Crippen molar-refractivity contribution in [1.29, 1.82) is 0 Å².